The number of aliphatic hydroxyl groups is 1. The highest BCUT2D eigenvalue weighted by Gasteiger charge is 2.38. The Morgan fingerprint density at radius 3 is 2.84 bits per heavy atom. The summed E-state index contributed by atoms with van der Waals surface area (Å²) >= 11 is 1.48. The summed E-state index contributed by atoms with van der Waals surface area (Å²) in [5.74, 6) is 1.84. The third-order valence-corrected chi connectivity index (χ3v) is 8.87. The zero-order valence-corrected chi connectivity index (χ0v) is 21.3. The van der Waals surface area contributed by atoms with Crippen LogP contribution in [-0.4, -0.2) is 47.4 Å². The van der Waals surface area contributed by atoms with Crippen molar-refractivity contribution in [2.75, 3.05) is 24.8 Å². The number of nitrogens with zero attached hydrogens (tertiary/aromatic N) is 1. The van der Waals surface area contributed by atoms with Gasteiger partial charge in [0.2, 0.25) is 5.91 Å². The Morgan fingerprint density at radius 1 is 1.19 bits per heavy atom. The standard InChI is InChI=1S/C28H29N3O5S/c1-35-18-7-8-21-19(11-18)26-23(12-29-21)36-13-20(27(26)33)15-2-5-17(6-3-15)30-28(34)16-4-9-24-22(10-16)31-25(32)14-37-24/h4,7-12,15,17,20,27,33H,2-3,5-6,13-14H2,1H3,(H,30,34)(H,31,32). The van der Waals surface area contributed by atoms with Gasteiger partial charge in [-0.15, -0.1) is 11.8 Å². The molecule has 0 spiro atoms. The van der Waals surface area contributed by atoms with Crippen molar-refractivity contribution in [1.82, 2.24) is 10.3 Å². The van der Waals surface area contributed by atoms with Gasteiger partial charge in [0, 0.05) is 33.4 Å². The zero-order valence-electron chi connectivity index (χ0n) is 20.5. The lowest BCUT2D eigenvalue weighted by Crippen LogP contribution is -2.41. The SMILES string of the molecule is COc1ccc2ncc3c(c2c1)C(O)C(C1CCC(NC(=O)c2ccc4c(c2)NC(=O)CS4)CC1)CO3. The largest absolute Gasteiger partial charge is 0.497 e. The molecule has 8 nitrogen and oxygen atoms in total. The van der Waals surface area contributed by atoms with E-state index in [4.69, 9.17) is 9.47 Å². The van der Waals surface area contributed by atoms with Gasteiger partial charge in [0.05, 0.1) is 43.0 Å². The highest BCUT2D eigenvalue weighted by atomic mass is 32.2. The van der Waals surface area contributed by atoms with E-state index in [1.807, 2.05) is 30.3 Å². The Kier molecular flexibility index (Phi) is 6.42. The molecule has 3 aromatic rings. The molecule has 9 heteroatoms. The number of ether oxygens (including phenoxy) is 2. The van der Waals surface area contributed by atoms with Gasteiger partial charge >= 0.3 is 0 Å². The molecule has 1 aromatic heterocycles. The van der Waals surface area contributed by atoms with E-state index >= 15 is 0 Å². The number of rotatable bonds is 4. The summed E-state index contributed by atoms with van der Waals surface area (Å²) in [6, 6.07) is 11.2. The van der Waals surface area contributed by atoms with Crippen LogP contribution in [0, 0.1) is 11.8 Å². The zero-order chi connectivity index (χ0) is 25.5. The average molecular weight is 520 g/mol. The van der Waals surface area contributed by atoms with Crippen LogP contribution in [0.25, 0.3) is 10.9 Å². The molecule has 6 rings (SSSR count). The first kappa shape index (κ1) is 24.1. The number of carbonyl (C=O) groups excluding carboxylic acids is 2. The Balaban J connectivity index is 1.11. The maximum Gasteiger partial charge on any atom is 0.251 e. The number of benzene rings is 2. The third kappa shape index (κ3) is 4.62. The highest BCUT2D eigenvalue weighted by molar-refractivity contribution is 8.00. The average Bonchev–Trinajstić information content (AvgIpc) is 2.92. The smallest absolute Gasteiger partial charge is 0.251 e. The van der Waals surface area contributed by atoms with Crippen molar-refractivity contribution in [3.63, 3.8) is 0 Å². The Morgan fingerprint density at radius 2 is 2.03 bits per heavy atom. The Labute approximate surface area is 219 Å². The molecule has 37 heavy (non-hydrogen) atoms. The van der Waals surface area contributed by atoms with E-state index in [1.165, 1.54) is 11.8 Å². The maximum absolute atomic E-state index is 12.9. The number of carbonyl (C=O) groups is 2. The van der Waals surface area contributed by atoms with Crippen molar-refractivity contribution in [2.24, 2.45) is 11.8 Å². The Hall–Kier alpha value is -3.30. The number of aromatic nitrogens is 1. The molecule has 2 aliphatic heterocycles. The van der Waals surface area contributed by atoms with Crippen LogP contribution in [0.4, 0.5) is 5.69 Å². The topological polar surface area (TPSA) is 110 Å². The molecule has 3 N–H and O–H groups in total. The van der Waals surface area contributed by atoms with Crippen LogP contribution in [0.15, 0.2) is 47.5 Å². The second-order valence-corrected chi connectivity index (χ2v) is 11.0. The first-order valence-electron chi connectivity index (χ1n) is 12.6. The fraction of sp³-hybridized carbons (Fsp3) is 0.393. The van der Waals surface area contributed by atoms with Crippen molar-refractivity contribution >= 4 is 40.2 Å². The van der Waals surface area contributed by atoms with Gasteiger partial charge in [0.1, 0.15) is 11.5 Å². The molecule has 2 aromatic carbocycles. The number of hydrogen-bond donors (Lipinski definition) is 3. The second-order valence-electron chi connectivity index (χ2n) is 9.97. The minimum atomic E-state index is -0.652. The molecule has 1 saturated carbocycles. The van der Waals surface area contributed by atoms with Gasteiger partial charge in [0.15, 0.2) is 0 Å². The van der Waals surface area contributed by atoms with E-state index < -0.39 is 6.10 Å². The van der Waals surface area contributed by atoms with E-state index in [1.54, 1.807) is 19.4 Å². The summed E-state index contributed by atoms with van der Waals surface area (Å²) < 4.78 is 11.5. The molecule has 1 aliphatic carbocycles. The number of aliphatic hydroxyl groups excluding tert-OH is 1. The highest BCUT2D eigenvalue weighted by Crippen LogP contribution is 2.45. The van der Waals surface area contributed by atoms with Gasteiger partial charge < -0.3 is 25.2 Å². The van der Waals surface area contributed by atoms with Crippen molar-refractivity contribution < 1.29 is 24.2 Å². The normalized spacial score (nSPS) is 24.9. The Bertz CT molecular complexity index is 1370. The quantitative estimate of drug-likeness (QED) is 0.471. The number of anilines is 1. The number of methoxy groups -OCH3 is 1. The molecule has 2 amide bonds. The summed E-state index contributed by atoms with van der Waals surface area (Å²) in [6.45, 7) is 0.450. The number of fused-ring (bicyclic) bond motifs is 4. The molecule has 0 radical (unpaired) electrons. The van der Waals surface area contributed by atoms with Crippen molar-refractivity contribution in [2.45, 2.75) is 42.7 Å². The predicted octanol–water partition coefficient (Wildman–Crippen LogP) is 4.32. The van der Waals surface area contributed by atoms with Crippen LogP contribution in [-0.2, 0) is 4.79 Å². The molecular formula is C28H29N3O5S. The van der Waals surface area contributed by atoms with Crippen LogP contribution in [0.2, 0.25) is 0 Å². The molecular weight excluding hydrogens is 490 g/mol. The number of nitrogens with one attached hydrogen (secondary N) is 2. The molecule has 2 atom stereocenters. The van der Waals surface area contributed by atoms with E-state index in [0.717, 1.165) is 47.0 Å². The monoisotopic (exact) mass is 519 g/mol. The van der Waals surface area contributed by atoms with Crippen LogP contribution < -0.4 is 20.1 Å². The molecule has 1 fully saturated rings. The minimum absolute atomic E-state index is 0.0253. The first-order valence-corrected chi connectivity index (χ1v) is 13.6. The van der Waals surface area contributed by atoms with Crippen molar-refractivity contribution in [3.05, 3.63) is 53.7 Å². The summed E-state index contributed by atoms with van der Waals surface area (Å²) in [6.07, 6.45) is 4.52. The molecule has 0 bridgehead atoms. The van der Waals surface area contributed by atoms with Gasteiger partial charge in [-0.3, -0.25) is 14.6 Å². The van der Waals surface area contributed by atoms with Gasteiger partial charge in [0.25, 0.3) is 5.91 Å². The third-order valence-electron chi connectivity index (χ3n) is 7.80. The summed E-state index contributed by atoms with van der Waals surface area (Å²) in [5.41, 5.74) is 2.83. The lowest BCUT2D eigenvalue weighted by Gasteiger charge is -2.39. The number of pyridine rings is 1. The van der Waals surface area contributed by atoms with Gasteiger partial charge in [-0.1, -0.05) is 0 Å². The number of amides is 2. The van der Waals surface area contributed by atoms with E-state index in [-0.39, 0.29) is 23.8 Å². The lowest BCUT2D eigenvalue weighted by molar-refractivity contribution is -0.113. The van der Waals surface area contributed by atoms with Crippen molar-refractivity contribution in [1.29, 1.82) is 0 Å². The van der Waals surface area contributed by atoms with Crippen LogP contribution >= 0.6 is 11.8 Å². The summed E-state index contributed by atoms with van der Waals surface area (Å²) in [5, 5.41) is 18.3. The van der Waals surface area contributed by atoms with E-state index in [2.05, 4.69) is 15.6 Å². The maximum atomic E-state index is 12.9. The molecule has 0 saturated heterocycles. The first-order chi connectivity index (χ1) is 18.0. The molecule has 3 heterocycles. The van der Waals surface area contributed by atoms with Crippen LogP contribution in [0.5, 0.6) is 11.5 Å². The predicted molar refractivity (Wildman–Crippen MR) is 141 cm³/mol. The summed E-state index contributed by atoms with van der Waals surface area (Å²) in [4.78, 5) is 30.1. The van der Waals surface area contributed by atoms with Gasteiger partial charge in [-0.05, 0) is 68.0 Å². The van der Waals surface area contributed by atoms with Crippen molar-refractivity contribution in [3.8, 4) is 11.5 Å². The number of hydrogen-bond acceptors (Lipinski definition) is 7. The second kappa shape index (κ2) is 9.87. The molecule has 3 aliphatic rings. The molecule has 2 unspecified atom stereocenters. The fourth-order valence-corrected chi connectivity index (χ4v) is 6.58. The summed E-state index contributed by atoms with van der Waals surface area (Å²) in [7, 11) is 1.62. The molecule has 192 valence electrons. The van der Waals surface area contributed by atoms with Gasteiger partial charge in [-0.25, -0.2) is 0 Å². The van der Waals surface area contributed by atoms with Crippen LogP contribution in [0.1, 0.15) is 47.7 Å². The lowest BCUT2D eigenvalue weighted by atomic mass is 9.74. The minimum Gasteiger partial charge on any atom is -0.497 e. The number of thioether (sulfide) groups is 1. The van der Waals surface area contributed by atoms with Crippen LogP contribution in [0.3, 0.4) is 0 Å². The van der Waals surface area contributed by atoms with Gasteiger partial charge in [-0.2, -0.15) is 0 Å². The van der Waals surface area contributed by atoms with E-state index in [9.17, 15) is 14.7 Å². The van der Waals surface area contributed by atoms with E-state index in [0.29, 0.717) is 41.0 Å². The fourth-order valence-electron chi connectivity index (χ4n) is 5.79.